The quantitative estimate of drug-likeness (QED) is 0.507. The smallest absolute Gasteiger partial charge is 0.325 e. The van der Waals surface area contributed by atoms with E-state index in [1.165, 1.54) is 29.2 Å². The van der Waals surface area contributed by atoms with Crippen LogP contribution in [-0.4, -0.2) is 50.0 Å². The molecule has 0 radical (unpaired) electrons. The number of halogens is 1. The van der Waals surface area contributed by atoms with Crippen LogP contribution in [0.3, 0.4) is 0 Å². The summed E-state index contributed by atoms with van der Waals surface area (Å²) >= 11 is 6.00. The van der Waals surface area contributed by atoms with Gasteiger partial charge >= 0.3 is 6.03 Å². The van der Waals surface area contributed by atoms with Crippen molar-refractivity contribution in [1.82, 2.24) is 10.1 Å². The molecule has 1 saturated heterocycles. The molecule has 4 rings (SSSR count). The van der Waals surface area contributed by atoms with Crippen molar-refractivity contribution >= 4 is 50.8 Å². The summed E-state index contributed by atoms with van der Waals surface area (Å²) < 4.78 is 32.5. The van der Waals surface area contributed by atoms with Crippen LogP contribution < -0.4 is 14.9 Å². The zero-order valence-corrected chi connectivity index (χ0v) is 20.0. The molecule has 0 aliphatic carbocycles. The highest BCUT2D eigenvalue weighted by atomic mass is 35.5. The highest BCUT2D eigenvalue weighted by Gasteiger charge is 2.31. The maximum atomic E-state index is 12.7. The van der Waals surface area contributed by atoms with Crippen molar-refractivity contribution in [2.45, 2.75) is 18.7 Å². The van der Waals surface area contributed by atoms with Crippen molar-refractivity contribution in [3.8, 4) is 0 Å². The molecule has 0 saturated carbocycles. The molecule has 0 atom stereocenters. The van der Waals surface area contributed by atoms with Crippen LogP contribution in [0.5, 0.6) is 0 Å². The van der Waals surface area contributed by atoms with Gasteiger partial charge in [0, 0.05) is 35.1 Å². The molecule has 0 unspecified atom stereocenters. The molecule has 3 amide bonds. The Labute approximate surface area is 201 Å². The first kappa shape index (κ1) is 23.6. The van der Waals surface area contributed by atoms with Gasteiger partial charge in [0.05, 0.1) is 10.6 Å². The molecule has 2 heterocycles. The van der Waals surface area contributed by atoms with E-state index in [9.17, 15) is 18.0 Å². The van der Waals surface area contributed by atoms with Crippen LogP contribution in [0.4, 0.5) is 22.1 Å². The topological polar surface area (TPSA) is 125 Å². The summed E-state index contributed by atoms with van der Waals surface area (Å²) in [5, 5.41) is 6.93. The van der Waals surface area contributed by atoms with Crippen LogP contribution >= 0.6 is 11.6 Å². The molecule has 1 aliphatic heterocycles. The first-order valence-corrected chi connectivity index (χ1v) is 12.2. The van der Waals surface area contributed by atoms with Crippen LogP contribution in [0.15, 0.2) is 57.9 Å². The van der Waals surface area contributed by atoms with Crippen molar-refractivity contribution in [2.24, 2.45) is 0 Å². The number of benzene rings is 2. The predicted molar refractivity (Wildman–Crippen MR) is 128 cm³/mol. The molecular formula is C22H22ClN5O5S. The summed E-state index contributed by atoms with van der Waals surface area (Å²) in [5.74, 6) is -0.347. The molecule has 178 valence electrons. The molecule has 1 aliphatic rings. The number of carbonyl (C=O) groups excluding carboxylic acids is 2. The highest BCUT2D eigenvalue weighted by Crippen LogP contribution is 2.24. The Morgan fingerprint density at radius 1 is 1.15 bits per heavy atom. The minimum Gasteiger partial charge on any atom is -0.337 e. The summed E-state index contributed by atoms with van der Waals surface area (Å²) in [7, 11) is -3.89. The van der Waals surface area contributed by atoms with Gasteiger partial charge in [-0.15, -0.1) is 0 Å². The number of rotatable bonds is 7. The lowest BCUT2D eigenvalue weighted by atomic mass is 10.3. The largest absolute Gasteiger partial charge is 0.337 e. The second-order valence-electron chi connectivity index (χ2n) is 7.74. The fourth-order valence-electron chi connectivity index (χ4n) is 3.40. The fourth-order valence-corrected chi connectivity index (χ4v) is 4.63. The molecule has 2 aromatic carbocycles. The number of carbonyl (C=O) groups is 2. The number of sulfonamides is 1. The van der Waals surface area contributed by atoms with Crippen LogP contribution in [-0.2, 0) is 14.8 Å². The minimum absolute atomic E-state index is 0.00848. The standard InChI is InChI=1S/C22H22ClN5O5S/c1-14-15(2)25-33-21(14)26-34(31,32)19-8-6-17(7-9-19)24-20(29)13-27-10-11-28(22(27)30)18-5-3-4-16(23)12-18/h3-9,12,26H,10-11,13H2,1-2H3,(H,24,29). The van der Waals surface area contributed by atoms with Crippen molar-refractivity contribution in [3.05, 3.63) is 64.8 Å². The number of aryl methyl sites for hydroxylation is 1. The number of hydrogen-bond donors (Lipinski definition) is 2. The number of nitrogens with zero attached hydrogens (tertiary/aromatic N) is 3. The molecule has 3 aromatic rings. The fraction of sp³-hybridized carbons (Fsp3) is 0.227. The molecule has 12 heteroatoms. The number of nitrogens with one attached hydrogen (secondary N) is 2. The summed E-state index contributed by atoms with van der Waals surface area (Å²) in [5.41, 5.74) is 2.25. The summed E-state index contributed by atoms with van der Waals surface area (Å²) in [4.78, 5) is 28.1. The van der Waals surface area contributed by atoms with E-state index >= 15 is 0 Å². The van der Waals surface area contributed by atoms with Crippen LogP contribution in [0, 0.1) is 13.8 Å². The summed E-state index contributed by atoms with van der Waals surface area (Å²) in [6, 6.07) is 12.3. The molecule has 0 bridgehead atoms. The van der Waals surface area contributed by atoms with E-state index in [0.29, 0.717) is 40.7 Å². The van der Waals surface area contributed by atoms with Gasteiger partial charge in [-0.2, -0.15) is 0 Å². The monoisotopic (exact) mass is 503 g/mol. The van der Waals surface area contributed by atoms with Crippen LogP contribution in [0.25, 0.3) is 0 Å². The third-order valence-electron chi connectivity index (χ3n) is 5.38. The lowest BCUT2D eigenvalue weighted by molar-refractivity contribution is -0.116. The molecule has 0 spiro atoms. The van der Waals surface area contributed by atoms with E-state index in [2.05, 4.69) is 15.2 Å². The lowest BCUT2D eigenvalue weighted by Crippen LogP contribution is -2.37. The minimum atomic E-state index is -3.89. The normalized spacial score (nSPS) is 13.9. The van der Waals surface area contributed by atoms with Gasteiger partial charge in [0.15, 0.2) is 0 Å². The van der Waals surface area contributed by atoms with Gasteiger partial charge in [-0.3, -0.25) is 9.69 Å². The SMILES string of the molecule is Cc1noc(NS(=O)(=O)c2ccc(NC(=O)CN3CCN(c4cccc(Cl)c4)C3=O)cc2)c1C. The van der Waals surface area contributed by atoms with E-state index in [0.717, 1.165) is 0 Å². The van der Waals surface area contributed by atoms with E-state index in [-0.39, 0.29) is 23.4 Å². The average molecular weight is 504 g/mol. The first-order chi connectivity index (χ1) is 16.1. The molecule has 1 fully saturated rings. The Hall–Kier alpha value is -3.57. The third-order valence-corrected chi connectivity index (χ3v) is 6.96. The van der Waals surface area contributed by atoms with Crippen LogP contribution in [0.2, 0.25) is 5.02 Å². The van der Waals surface area contributed by atoms with Gasteiger partial charge in [-0.25, -0.2) is 17.9 Å². The number of amides is 3. The highest BCUT2D eigenvalue weighted by molar-refractivity contribution is 7.92. The van der Waals surface area contributed by atoms with Gasteiger partial charge in [0.25, 0.3) is 10.0 Å². The predicted octanol–water partition coefficient (Wildman–Crippen LogP) is 3.63. The molecular weight excluding hydrogens is 482 g/mol. The molecule has 1 aromatic heterocycles. The molecule has 34 heavy (non-hydrogen) atoms. The van der Waals surface area contributed by atoms with Crippen molar-refractivity contribution in [2.75, 3.05) is 34.6 Å². The zero-order valence-electron chi connectivity index (χ0n) is 18.4. The lowest BCUT2D eigenvalue weighted by Gasteiger charge is -2.18. The van der Waals surface area contributed by atoms with E-state index in [1.54, 1.807) is 43.0 Å². The number of hydrogen-bond acceptors (Lipinski definition) is 6. The van der Waals surface area contributed by atoms with Gasteiger partial charge in [-0.05, 0) is 56.3 Å². The Kier molecular flexibility index (Phi) is 6.49. The van der Waals surface area contributed by atoms with E-state index < -0.39 is 15.9 Å². The first-order valence-electron chi connectivity index (χ1n) is 10.3. The second kappa shape index (κ2) is 9.35. The summed E-state index contributed by atoms with van der Waals surface area (Å²) in [6.45, 7) is 4.10. The Morgan fingerprint density at radius 3 is 2.53 bits per heavy atom. The maximum absolute atomic E-state index is 12.7. The maximum Gasteiger partial charge on any atom is 0.325 e. The van der Waals surface area contributed by atoms with E-state index in [4.69, 9.17) is 16.1 Å². The zero-order chi connectivity index (χ0) is 24.5. The van der Waals surface area contributed by atoms with E-state index in [1.807, 2.05) is 0 Å². The molecule has 2 N–H and O–H groups in total. The summed E-state index contributed by atoms with van der Waals surface area (Å²) in [6.07, 6.45) is 0. The average Bonchev–Trinajstić information content (AvgIpc) is 3.30. The van der Waals surface area contributed by atoms with Crippen LogP contribution in [0.1, 0.15) is 11.3 Å². The Morgan fingerprint density at radius 2 is 1.88 bits per heavy atom. The van der Waals surface area contributed by atoms with Gasteiger partial charge in [0.2, 0.25) is 11.8 Å². The number of urea groups is 1. The van der Waals surface area contributed by atoms with Gasteiger partial charge in [0.1, 0.15) is 6.54 Å². The molecule has 10 nitrogen and oxygen atoms in total. The Bertz CT molecular complexity index is 1340. The van der Waals surface area contributed by atoms with Crippen molar-refractivity contribution in [1.29, 1.82) is 0 Å². The van der Waals surface area contributed by atoms with Crippen molar-refractivity contribution < 1.29 is 22.5 Å². The van der Waals surface area contributed by atoms with Gasteiger partial charge < -0.3 is 14.7 Å². The third kappa shape index (κ3) is 5.00. The van der Waals surface area contributed by atoms with Gasteiger partial charge in [-0.1, -0.05) is 22.8 Å². The number of anilines is 3. The number of aromatic nitrogens is 1. The second-order valence-corrected chi connectivity index (χ2v) is 9.85. The Balaban J connectivity index is 1.36. The van der Waals surface area contributed by atoms with Crippen molar-refractivity contribution in [3.63, 3.8) is 0 Å².